The van der Waals surface area contributed by atoms with Crippen molar-refractivity contribution in [1.82, 2.24) is 0 Å². The van der Waals surface area contributed by atoms with Crippen LogP contribution in [0.3, 0.4) is 0 Å². The summed E-state index contributed by atoms with van der Waals surface area (Å²) in [5, 5.41) is 0. The van der Waals surface area contributed by atoms with Crippen LogP contribution < -0.4 is 0 Å². The van der Waals surface area contributed by atoms with Crippen molar-refractivity contribution in [2.45, 2.75) is 13.8 Å². The van der Waals surface area contributed by atoms with Gasteiger partial charge in [-0.2, -0.15) is 0 Å². The number of benzene rings is 1. The SMILES string of the molecule is C#Cc1c(C)ccc(C)c1C#C. The lowest BCUT2D eigenvalue weighted by Crippen LogP contribution is -1.91. The molecule has 0 heteroatoms. The Labute approximate surface area is 73.6 Å². The van der Waals surface area contributed by atoms with Crippen molar-refractivity contribution >= 4 is 0 Å². The molecule has 0 N–H and O–H groups in total. The third-order valence-corrected chi connectivity index (χ3v) is 1.91. The zero-order valence-corrected chi connectivity index (χ0v) is 7.31. The first-order valence-corrected chi connectivity index (χ1v) is 3.74. The minimum atomic E-state index is 0.845. The van der Waals surface area contributed by atoms with Crippen molar-refractivity contribution in [2.24, 2.45) is 0 Å². The molecule has 1 aromatic carbocycles. The van der Waals surface area contributed by atoms with Gasteiger partial charge in [-0.15, -0.1) is 12.8 Å². The van der Waals surface area contributed by atoms with Gasteiger partial charge in [0, 0.05) is 11.1 Å². The highest BCUT2D eigenvalue weighted by molar-refractivity contribution is 5.56. The highest BCUT2D eigenvalue weighted by Crippen LogP contribution is 2.16. The van der Waals surface area contributed by atoms with E-state index in [0.717, 1.165) is 22.3 Å². The van der Waals surface area contributed by atoms with Crippen molar-refractivity contribution in [3.05, 3.63) is 34.4 Å². The van der Waals surface area contributed by atoms with Gasteiger partial charge in [0.25, 0.3) is 0 Å². The first-order valence-electron chi connectivity index (χ1n) is 3.74. The van der Waals surface area contributed by atoms with Crippen LogP contribution in [-0.4, -0.2) is 0 Å². The van der Waals surface area contributed by atoms with Crippen molar-refractivity contribution in [1.29, 1.82) is 0 Å². The predicted octanol–water partition coefficient (Wildman–Crippen LogP) is 2.27. The van der Waals surface area contributed by atoms with Gasteiger partial charge in [-0.1, -0.05) is 24.0 Å². The molecule has 0 aliphatic carbocycles. The Morgan fingerprint density at radius 2 is 1.25 bits per heavy atom. The van der Waals surface area contributed by atoms with Crippen LogP contribution in [0.25, 0.3) is 0 Å². The molecule has 0 amide bonds. The second kappa shape index (κ2) is 3.16. The molecular formula is C12H10. The fourth-order valence-corrected chi connectivity index (χ4v) is 1.18. The Morgan fingerprint density at radius 1 is 0.917 bits per heavy atom. The first kappa shape index (κ1) is 8.44. The van der Waals surface area contributed by atoms with Crippen LogP contribution in [0.5, 0.6) is 0 Å². The van der Waals surface area contributed by atoms with Crippen molar-refractivity contribution < 1.29 is 0 Å². The van der Waals surface area contributed by atoms with Crippen LogP contribution in [0.15, 0.2) is 12.1 Å². The van der Waals surface area contributed by atoms with Gasteiger partial charge in [-0.05, 0) is 25.0 Å². The molecule has 1 aromatic rings. The summed E-state index contributed by atoms with van der Waals surface area (Å²) in [6.45, 7) is 3.94. The number of terminal acetylenes is 2. The summed E-state index contributed by atoms with van der Waals surface area (Å²) in [5.41, 5.74) is 3.82. The van der Waals surface area contributed by atoms with Crippen LogP contribution in [0, 0.1) is 38.5 Å². The lowest BCUT2D eigenvalue weighted by molar-refractivity contribution is 1.34. The summed E-state index contributed by atoms with van der Waals surface area (Å²) < 4.78 is 0. The fraction of sp³-hybridized carbons (Fsp3) is 0.167. The van der Waals surface area contributed by atoms with Gasteiger partial charge in [0.1, 0.15) is 0 Å². The molecule has 0 bridgehead atoms. The van der Waals surface area contributed by atoms with Crippen LogP contribution in [0.1, 0.15) is 22.3 Å². The monoisotopic (exact) mass is 154 g/mol. The van der Waals surface area contributed by atoms with Crippen LogP contribution >= 0.6 is 0 Å². The molecule has 0 aliphatic rings. The molecular weight excluding hydrogens is 144 g/mol. The zero-order valence-electron chi connectivity index (χ0n) is 7.31. The Bertz CT molecular complexity index is 345. The summed E-state index contributed by atoms with van der Waals surface area (Å²) in [4.78, 5) is 0. The Balaban J connectivity index is 3.55. The highest BCUT2D eigenvalue weighted by Gasteiger charge is 2.03. The lowest BCUT2D eigenvalue weighted by atomic mass is 9.98. The van der Waals surface area contributed by atoms with Gasteiger partial charge < -0.3 is 0 Å². The predicted molar refractivity (Wildman–Crippen MR) is 51.8 cm³/mol. The molecule has 0 spiro atoms. The molecule has 0 radical (unpaired) electrons. The largest absolute Gasteiger partial charge is 0.115 e. The average Bonchev–Trinajstić information content (AvgIpc) is 2.08. The third kappa shape index (κ3) is 1.20. The summed E-state index contributed by atoms with van der Waals surface area (Å²) in [6.07, 6.45) is 10.7. The highest BCUT2D eigenvalue weighted by atomic mass is 14.0. The van der Waals surface area contributed by atoms with Crippen molar-refractivity contribution in [2.75, 3.05) is 0 Å². The molecule has 0 nitrogen and oxygen atoms in total. The van der Waals surface area contributed by atoms with E-state index in [4.69, 9.17) is 12.8 Å². The molecule has 0 heterocycles. The maximum Gasteiger partial charge on any atom is 0.0431 e. The Kier molecular flexibility index (Phi) is 2.22. The molecule has 12 heavy (non-hydrogen) atoms. The van der Waals surface area contributed by atoms with E-state index < -0.39 is 0 Å². The number of hydrogen-bond donors (Lipinski definition) is 0. The second-order valence-electron chi connectivity index (χ2n) is 2.74. The molecule has 0 aliphatic heterocycles. The zero-order chi connectivity index (χ0) is 9.14. The van der Waals surface area contributed by atoms with Gasteiger partial charge >= 0.3 is 0 Å². The molecule has 0 saturated carbocycles. The minimum Gasteiger partial charge on any atom is -0.115 e. The van der Waals surface area contributed by atoms with Crippen molar-refractivity contribution in [3.8, 4) is 24.7 Å². The molecule has 0 fully saturated rings. The third-order valence-electron chi connectivity index (χ3n) is 1.91. The fourth-order valence-electron chi connectivity index (χ4n) is 1.18. The van der Waals surface area contributed by atoms with Gasteiger partial charge in [0.05, 0.1) is 0 Å². The number of rotatable bonds is 0. The van der Waals surface area contributed by atoms with E-state index in [1.807, 2.05) is 26.0 Å². The van der Waals surface area contributed by atoms with E-state index in [0.29, 0.717) is 0 Å². The standard InChI is InChI=1S/C12H10/c1-5-11-9(3)7-8-10(4)12(11)6-2/h1-2,7-8H,3-4H3. The van der Waals surface area contributed by atoms with Gasteiger partial charge in [-0.25, -0.2) is 0 Å². The summed E-state index contributed by atoms with van der Waals surface area (Å²) >= 11 is 0. The van der Waals surface area contributed by atoms with Crippen LogP contribution in [-0.2, 0) is 0 Å². The lowest BCUT2D eigenvalue weighted by Gasteiger charge is -2.04. The Morgan fingerprint density at radius 3 is 1.50 bits per heavy atom. The van der Waals surface area contributed by atoms with E-state index in [-0.39, 0.29) is 0 Å². The van der Waals surface area contributed by atoms with E-state index >= 15 is 0 Å². The smallest absolute Gasteiger partial charge is 0.0431 e. The van der Waals surface area contributed by atoms with Gasteiger partial charge in [0.2, 0.25) is 0 Å². The van der Waals surface area contributed by atoms with Crippen LogP contribution in [0.4, 0.5) is 0 Å². The quantitative estimate of drug-likeness (QED) is 0.503. The molecule has 0 aromatic heterocycles. The normalized spacial score (nSPS) is 8.67. The summed E-state index contributed by atoms with van der Waals surface area (Å²) in [7, 11) is 0. The molecule has 0 saturated heterocycles. The maximum atomic E-state index is 5.35. The topological polar surface area (TPSA) is 0 Å². The van der Waals surface area contributed by atoms with Crippen LogP contribution in [0.2, 0.25) is 0 Å². The second-order valence-corrected chi connectivity index (χ2v) is 2.74. The van der Waals surface area contributed by atoms with E-state index in [2.05, 4.69) is 11.8 Å². The molecule has 0 unspecified atom stereocenters. The van der Waals surface area contributed by atoms with Gasteiger partial charge in [0.15, 0.2) is 0 Å². The first-order chi connectivity index (χ1) is 5.70. The van der Waals surface area contributed by atoms with E-state index in [1.165, 1.54) is 0 Å². The molecule has 58 valence electrons. The summed E-state index contributed by atoms with van der Waals surface area (Å²) in [5.74, 6) is 5.23. The number of aryl methyl sites for hydroxylation is 2. The Hall–Kier alpha value is -1.66. The van der Waals surface area contributed by atoms with E-state index in [9.17, 15) is 0 Å². The maximum absolute atomic E-state index is 5.35. The average molecular weight is 154 g/mol. The van der Waals surface area contributed by atoms with Crippen molar-refractivity contribution in [3.63, 3.8) is 0 Å². The molecule has 1 rings (SSSR count). The number of hydrogen-bond acceptors (Lipinski definition) is 0. The molecule has 0 atom stereocenters. The van der Waals surface area contributed by atoms with Gasteiger partial charge in [-0.3, -0.25) is 0 Å². The van der Waals surface area contributed by atoms with E-state index in [1.54, 1.807) is 0 Å². The summed E-state index contributed by atoms with van der Waals surface area (Å²) in [6, 6.07) is 3.98. The minimum absolute atomic E-state index is 0.845.